The highest BCUT2D eigenvalue weighted by atomic mass is 32.2. The molecule has 0 aliphatic rings. The average molecular weight is 335 g/mol. The molecule has 10 heteroatoms. The van der Waals surface area contributed by atoms with Gasteiger partial charge in [0.15, 0.2) is 0 Å². The van der Waals surface area contributed by atoms with Gasteiger partial charge in [0.25, 0.3) is 10.0 Å². The summed E-state index contributed by atoms with van der Waals surface area (Å²) in [6.07, 6.45) is 0. The van der Waals surface area contributed by atoms with E-state index in [0.717, 1.165) is 11.3 Å². The normalized spacial score (nSPS) is 12.0. The molecule has 1 rings (SSSR count). The van der Waals surface area contributed by atoms with Crippen LogP contribution in [-0.2, 0) is 10.0 Å². The summed E-state index contributed by atoms with van der Waals surface area (Å²) in [4.78, 5) is 14.5. The van der Waals surface area contributed by atoms with Crippen LogP contribution < -0.4 is 4.90 Å². The molecule has 0 N–H and O–H groups in total. The van der Waals surface area contributed by atoms with Gasteiger partial charge >= 0.3 is 6.03 Å². The van der Waals surface area contributed by atoms with Crippen molar-refractivity contribution in [3.63, 3.8) is 0 Å². The maximum Gasteiger partial charge on any atom is 0.325 e. The molecule has 120 valence electrons. The quantitative estimate of drug-likeness (QED) is 0.747. The van der Waals surface area contributed by atoms with Crippen molar-refractivity contribution in [2.75, 3.05) is 39.6 Å². The molecule has 0 aliphatic heterocycles. The molecule has 1 aromatic heterocycles. The molecule has 0 aromatic carbocycles. The van der Waals surface area contributed by atoms with Crippen LogP contribution >= 0.6 is 11.3 Å². The lowest BCUT2D eigenvalue weighted by Crippen LogP contribution is -2.36. The van der Waals surface area contributed by atoms with Gasteiger partial charge < -0.3 is 4.90 Å². The van der Waals surface area contributed by atoms with Gasteiger partial charge in [-0.05, 0) is 5.92 Å². The number of hydrogen-bond acceptors (Lipinski definition) is 6. The van der Waals surface area contributed by atoms with Gasteiger partial charge in [0.2, 0.25) is 9.47 Å². The summed E-state index contributed by atoms with van der Waals surface area (Å²) in [5, 5.41) is 7.73. The number of hydrogen-bond donors (Lipinski definition) is 0. The summed E-state index contributed by atoms with van der Waals surface area (Å²) in [6, 6.07) is -0.300. The topological polar surface area (TPSA) is 86.7 Å². The number of aromatic nitrogens is 2. The Kier molecular flexibility index (Phi) is 5.65. The van der Waals surface area contributed by atoms with E-state index in [-0.39, 0.29) is 21.4 Å². The van der Waals surface area contributed by atoms with Gasteiger partial charge in [-0.1, -0.05) is 25.2 Å². The standard InChI is InChI=1S/C11H21N5O3S2/c1-8(2)7-15(5)21(18,19)10-13-12-9(20-10)16(6)11(17)14(3)4/h8H,7H2,1-6H3. The van der Waals surface area contributed by atoms with E-state index in [4.69, 9.17) is 0 Å². The van der Waals surface area contributed by atoms with Gasteiger partial charge in [0.05, 0.1) is 0 Å². The van der Waals surface area contributed by atoms with Crippen LogP contribution in [0.15, 0.2) is 4.34 Å². The number of carbonyl (C=O) groups is 1. The largest absolute Gasteiger partial charge is 0.330 e. The van der Waals surface area contributed by atoms with Gasteiger partial charge in [-0.2, -0.15) is 4.31 Å². The minimum atomic E-state index is -3.67. The Morgan fingerprint density at radius 3 is 2.24 bits per heavy atom. The summed E-state index contributed by atoms with van der Waals surface area (Å²) < 4.78 is 25.8. The Balaban J connectivity index is 3.00. The van der Waals surface area contributed by atoms with Gasteiger partial charge in [-0.15, -0.1) is 10.2 Å². The van der Waals surface area contributed by atoms with E-state index in [0.29, 0.717) is 6.54 Å². The monoisotopic (exact) mass is 335 g/mol. The van der Waals surface area contributed by atoms with E-state index in [1.54, 1.807) is 14.1 Å². The molecule has 0 spiro atoms. The van der Waals surface area contributed by atoms with Gasteiger partial charge in [-0.25, -0.2) is 13.2 Å². The zero-order chi connectivity index (χ0) is 16.4. The second kappa shape index (κ2) is 6.67. The van der Waals surface area contributed by atoms with Crippen molar-refractivity contribution in [3.05, 3.63) is 0 Å². The SMILES string of the molecule is CC(C)CN(C)S(=O)(=O)c1nnc(N(C)C(=O)N(C)C)s1. The highest BCUT2D eigenvalue weighted by molar-refractivity contribution is 7.91. The second-order valence-corrected chi connectivity index (χ2v) is 8.44. The Bertz CT molecular complexity index is 597. The van der Waals surface area contributed by atoms with Crippen LogP contribution in [-0.4, -0.2) is 68.6 Å². The molecule has 1 heterocycles. The first kappa shape index (κ1) is 17.8. The Labute approximate surface area is 129 Å². The average Bonchev–Trinajstić information content (AvgIpc) is 2.86. The third-order valence-corrected chi connectivity index (χ3v) is 5.77. The van der Waals surface area contributed by atoms with Gasteiger partial charge in [0, 0.05) is 34.7 Å². The highest BCUT2D eigenvalue weighted by Gasteiger charge is 2.28. The van der Waals surface area contributed by atoms with Crippen LogP contribution in [0.4, 0.5) is 9.93 Å². The van der Waals surface area contributed by atoms with Crippen molar-refractivity contribution in [3.8, 4) is 0 Å². The summed E-state index contributed by atoms with van der Waals surface area (Å²) in [6.45, 7) is 4.26. The first-order chi connectivity index (χ1) is 9.57. The van der Waals surface area contributed by atoms with E-state index in [9.17, 15) is 13.2 Å². The zero-order valence-corrected chi connectivity index (χ0v) is 14.7. The summed E-state index contributed by atoms with van der Waals surface area (Å²) >= 11 is 0.876. The van der Waals surface area contributed by atoms with E-state index in [2.05, 4.69) is 10.2 Å². The maximum absolute atomic E-state index is 12.3. The van der Waals surface area contributed by atoms with E-state index >= 15 is 0 Å². The van der Waals surface area contributed by atoms with Crippen LogP contribution in [0.25, 0.3) is 0 Å². The molecular formula is C11H21N5O3S2. The number of anilines is 1. The first-order valence-corrected chi connectivity index (χ1v) is 8.58. The molecule has 21 heavy (non-hydrogen) atoms. The number of sulfonamides is 1. The Morgan fingerprint density at radius 2 is 1.76 bits per heavy atom. The predicted molar refractivity (Wildman–Crippen MR) is 82.0 cm³/mol. The maximum atomic E-state index is 12.3. The number of rotatable bonds is 5. The molecule has 0 saturated heterocycles. The molecule has 0 fully saturated rings. The molecule has 8 nitrogen and oxygen atoms in total. The van der Waals surface area contributed by atoms with E-state index < -0.39 is 10.0 Å². The van der Waals surface area contributed by atoms with Crippen molar-refractivity contribution in [2.45, 2.75) is 18.2 Å². The van der Waals surface area contributed by atoms with Crippen molar-refractivity contribution in [1.82, 2.24) is 19.4 Å². The van der Waals surface area contributed by atoms with E-state index in [1.165, 1.54) is 28.2 Å². The van der Waals surface area contributed by atoms with Crippen LogP contribution in [0.1, 0.15) is 13.8 Å². The van der Waals surface area contributed by atoms with Crippen LogP contribution in [0, 0.1) is 5.92 Å². The molecule has 0 aliphatic carbocycles. The third-order valence-electron chi connectivity index (χ3n) is 2.61. The van der Waals surface area contributed by atoms with E-state index in [1.807, 2.05) is 13.8 Å². The van der Waals surface area contributed by atoms with Crippen molar-refractivity contribution >= 4 is 32.5 Å². The molecule has 0 saturated carbocycles. The van der Waals surface area contributed by atoms with Crippen LogP contribution in [0.2, 0.25) is 0 Å². The van der Waals surface area contributed by atoms with Crippen molar-refractivity contribution < 1.29 is 13.2 Å². The van der Waals surface area contributed by atoms with Gasteiger partial charge in [0.1, 0.15) is 0 Å². The van der Waals surface area contributed by atoms with Crippen molar-refractivity contribution in [2.24, 2.45) is 5.92 Å². The number of urea groups is 1. The lowest BCUT2D eigenvalue weighted by atomic mass is 10.2. The summed E-state index contributed by atoms with van der Waals surface area (Å²) in [5.74, 6) is 0.204. The number of nitrogens with zero attached hydrogens (tertiary/aromatic N) is 5. The smallest absolute Gasteiger partial charge is 0.325 e. The molecule has 2 amide bonds. The highest BCUT2D eigenvalue weighted by Crippen LogP contribution is 2.25. The van der Waals surface area contributed by atoms with Crippen LogP contribution in [0.3, 0.4) is 0 Å². The molecule has 0 atom stereocenters. The lowest BCUT2D eigenvalue weighted by Gasteiger charge is -2.18. The lowest BCUT2D eigenvalue weighted by molar-refractivity contribution is 0.225. The minimum absolute atomic E-state index is 0.112. The third kappa shape index (κ3) is 4.11. The fourth-order valence-corrected chi connectivity index (χ4v) is 4.04. The first-order valence-electron chi connectivity index (χ1n) is 6.32. The summed E-state index contributed by atoms with van der Waals surface area (Å²) in [5.41, 5.74) is 0. The molecule has 0 unspecified atom stereocenters. The fraction of sp³-hybridized carbons (Fsp3) is 0.727. The van der Waals surface area contributed by atoms with Crippen molar-refractivity contribution in [1.29, 1.82) is 0 Å². The number of carbonyl (C=O) groups excluding carboxylic acids is 1. The fourth-order valence-electron chi connectivity index (χ4n) is 1.57. The molecule has 1 aromatic rings. The number of amides is 2. The zero-order valence-electron chi connectivity index (χ0n) is 13.1. The molecule has 0 radical (unpaired) electrons. The summed E-state index contributed by atoms with van der Waals surface area (Å²) in [7, 11) is 2.57. The minimum Gasteiger partial charge on any atom is -0.330 e. The molecular weight excluding hydrogens is 314 g/mol. The Hall–Kier alpha value is -1.26. The van der Waals surface area contributed by atoms with Gasteiger partial charge in [-0.3, -0.25) is 4.90 Å². The van der Waals surface area contributed by atoms with Crippen LogP contribution in [0.5, 0.6) is 0 Å². The predicted octanol–water partition coefficient (Wildman–Crippen LogP) is 0.932. The Morgan fingerprint density at radius 1 is 1.19 bits per heavy atom. The molecule has 0 bridgehead atoms. The second-order valence-electron chi connectivity index (χ2n) is 5.27.